The standard InChI is InChI=1S/C21H20ClN3O2/c1-13-6-8-14(9-7-13)18-17-19(24-11-3-10-23(18)24)21(27)25(20(17)26)16-5-2-4-15(22)12-16/h2,4-9,12,17-19H,3,10-11H2,1H3/t17-,18+,19-/m0/s1. The van der Waals surface area contributed by atoms with Crippen LogP contribution in [0.25, 0.3) is 0 Å². The van der Waals surface area contributed by atoms with Gasteiger partial charge in [-0.25, -0.2) is 14.9 Å². The maximum absolute atomic E-state index is 13.4. The molecule has 3 fully saturated rings. The summed E-state index contributed by atoms with van der Waals surface area (Å²) in [4.78, 5) is 28.0. The smallest absolute Gasteiger partial charge is 0.253 e. The molecule has 3 aliphatic rings. The highest BCUT2D eigenvalue weighted by Crippen LogP contribution is 2.48. The average Bonchev–Trinajstić information content (AvgIpc) is 3.28. The van der Waals surface area contributed by atoms with Gasteiger partial charge in [-0.05, 0) is 37.1 Å². The zero-order valence-electron chi connectivity index (χ0n) is 15.0. The summed E-state index contributed by atoms with van der Waals surface area (Å²) in [7, 11) is 0. The maximum atomic E-state index is 13.4. The Hall–Kier alpha value is -2.21. The summed E-state index contributed by atoms with van der Waals surface area (Å²) < 4.78 is 0. The molecule has 2 aromatic carbocycles. The van der Waals surface area contributed by atoms with Crippen molar-refractivity contribution in [1.82, 2.24) is 10.0 Å². The van der Waals surface area contributed by atoms with E-state index in [2.05, 4.69) is 41.2 Å². The molecule has 0 aromatic heterocycles. The van der Waals surface area contributed by atoms with Gasteiger partial charge in [-0.3, -0.25) is 9.59 Å². The van der Waals surface area contributed by atoms with Crippen LogP contribution in [0.2, 0.25) is 5.02 Å². The van der Waals surface area contributed by atoms with Crippen molar-refractivity contribution >= 4 is 29.1 Å². The van der Waals surface area contributed by atoms with Crippen LogP contribution in [0.1, 0.15) is 23.6 Å². The van der Waals surface area contributed by atoms with Gasteiger partial charge in [0.2, 0.25) is 5.91 Å². The Kier molecular flexibility index (Phi) is 3.86. The number of imide groups is 1. The summed E-state index contributed by atoms with van der Waals surface area (Å²) in [6.45, 7) is 3.74. The molecule has 0 bridgehead atoms. The van der Waals surface area contributed by atoms with E-state index in [9.17, 15) is 9.59 Å². The molecular weight excluding hydrogens is 362 g/mol. The van der Waals surface area contributed by atoms with Gasteiger partial charge < -0.3 is 0 Å². The first-order valence-corrected chi connectivity index (χ1v) is 9.67. The number of anilines is 1. The number of aryl methyl sites for hydroxylation is 1. The van der Waals surface area contributed by atoms with E-state index in [-0.39, 0.29) is 23.8 Å². The van der Waals surface area contributed by atoms with Crippen molar-refractivity contribution < 1.29 is 9.59 Å². The van der Waals surface area contributed by atoms with Gasteiger partial charge in [-0.1, -0.05) is 47.5 Å². The van der Waals surface area contributed by atoms with Crippen LogP contribution in [0.15, 0.2) is 48.5 Å². The van der Waals surface area contributed by atoms with E-state index in [1.807, 2.05) is 0 Å². The normalized spacial score (nSPS) is 28.1. The van der Waals surface area contributed by atoms with E-state index < -0.39 is 6.04 Å². The summed E-state index contributed by atoms with van der Waals surface area (Å²) in [6.07, 6.45) is 1.00. The van der Waals surface area contributed by atoms with Crippen molar-refractivity contribution in [3.05, 3.63) is 64.7 Å². The highest BCUT2D eigenvalue weighted by Gasteiger charge is 2.62. The molecule has 0 radical (unpaired) electrons. The van der Waals surface area contributed by atoms with E-state index in [0.29, 0.717) is 10.7 Å². The minimum absolute atomic E-state index is 0.0984. The molecule has 2 aromatic rings. The van der Waals surface area contributed by atoms with Gasteiger partial charge >= 0.3 is 0 Å². The molecule has 6 heteroatoms. The predicted molar refractivity (Wildman–Crippen MR) is 103 cm³/mol. The lowest BCUT2D eigenvalue weighted by Crippen LogP contribution is -2.44. The number of hydrogen-bond acceptors (Lipinski definition) is 4. The molecule has 0 spiro atoms. The van der Waals surface area contributed by atoms with Gasteiger partial charge in [0.05, 0.1) is 17.6 Å². The van der Waals surface area contributed by atoms with E-state index in [4.69, 9.17) is 11.6 Å². The van der Waals surface area contributed by atoms with Crippen molar-refractivity contribution in [2.24, 2.45) is 5.92 Å². The summed E-state index contributed by atoms with van der Waals surface area (Å²) in [5, 5.41) is 4.86. The highest BCUT2D eigenvalue weighted by atomic mass is 35.5. The van der Waals surface area contributed by atoms with Gasteiger partial charge in [0.25, 0.3) is 5.91 Å². The predicted octanol–water partition coefficient (Wildman–Crippen LogP) is 3.18. The Bertz CT molecular complexity index is 929. The van der Waals surface area contributed by atoms with Gasteiger partial charge in [-0.15, -0.1) is 0 Å². The number of fused-ring (bicyclic) bond motifs is 3. The summed E-state index contributed by atoms with van der Waals surface area (Å²) >= 11 is 6.10. The Morgan fingerprint density at radius 1 is 0.926 bits per heavy atom. The lowest BCUT2D eigenvalue weighted by molar-refractivity contribution is -0.126. The fraction of sp³-hybridized carbons (Fsp3) is 0.333. The SMILES string of the molecule is Cc1ccc([C@@H]2[C@@H]3C(=O)N(c4cccc(Cl)c4)C(=O)[C@H]3N3CCCN23)cc1. The molecule has 27 heavy (non-hydrogen) atoms. The molecule has 3 atom stereocenters. The number of carbonyl (C=O) groups excluding carboxylic acids is 2. The number of rotatable bonds is 2. The lowest BCUT2D eigenvalue weighted by atomic mass is 9.89. The van der Waals surface area contributed by atoms with Crippen LogP contribution >= 0.6 is 11.6 Å². The summed E-state index contributed by atoms with van der Waals surface area (Å²) in [5.41, 5.74) is 2.83. The van der Waals surface area contributed by atoms with Crippen LogP contribution in [0.4, 0.5) is 5.69 Å². The third-order valence-electron chi connectivity index (χ3n) is 5.89. The van der Waals surface area contributed by atoms with Crippen molar-refractivity contribution in [1.29, 1.82) is 0 Å². The summed E-state index contributed by atoms with van der Waals surface area (Å²) in [6, 6.07) is 14.7. The number of hydrogen-bond donors (Lipinski definition) is 0. The fourth-order valence-electron chi connectivity index (χ4n) is 4.75. The first-order valence-electron chi connectivity index (χ1n) is 9.29. The molecule has 3 saturated heterocycles. The molecule has 0 aliphatic carbocycles. The molecule has 2 amide bonds. The first kappa shape index (κ1) is 16.9. The molecule has 0 unspecified atom stereocenters. The number of benzene rings is 2. The number of nitrogens with zero attached hydrogens (tertiary/aromatic N) is 3. The monoisotopic (exact) mass is 381 g/mol. The van der Waals surface area contributed by atoms with E-state index in [1.165, 1.54) is 10.5 Å². The first-order chi connectivity index (χ1) is 13.1. The number of hydrazine groups is 1. The van der Waals surface area contributed by atoms with E-state index in [1.54, 1.807) is 24.3 Å². The van der Waals surface area contributed by atoms with Crippen LogP contribution in [-0.2, 0) is 9.59 Å². The highest BCUT2D eigenvalue weighted by molar-refractivity contribution is 6.31. The van der Waals surface area contributed by atoms with Crippen molar-refractivity contribution in [3.63, 3.8) is 0 Å². The van der Waals surface area contributed by atoms with Crippen molar-refractivity contribution in [3.8, 4) is 0 Å². The lowest BCUT2D eigenvalue weighted by Gasteiger charge is -2.29. The molecule has 0 N–H and O–H groups in total. The minimum atomic E-state index is -0.426. The topological polar surface area (TPSA) is 43.9 Å². The Balaban J connectivity index is 1.59. The van der Waals surface area contributed by atoms with Crippen molar-refractivity contribution in [2.45, 2.75) is 25.4 Å². The Morgan fingerprint density at radius 3 is 2.33 bits per heavy atom. The van der Waals surface area contributed by atoms with Crippen LogP contribution in [0.3, 0.4) is 0 Å². The van der Waals surface area contributed by atoms with E-state index >= 15 is 0 Å². The van der Waals surface area contributed by atoms with Gasteiger partial charge in [0.15, 0.2) is 0 Å². The van der Waals surface area contributed by atoms with Crippen LogP contribution in [0.5, 0.6) is 0 Å². The molecule has 3 aliphatic heterocycles. The maximum Gasteiger partial charge on any atom is 0.253 e. The average molecular weight is 382 g/mol. The third kappa shape index (κ3) is 2.46. The van der Waals surface area contributed by atoms with Gasteiger partial charge in [-0.2, -0.15) is 0 Å². The molecule has 0 saturated carbocycles. The van der Waals surface area contributed by atoms with Crippen LogP contribution < -0.4 is 4.90 Å². The second kappa shape index (κ2) is 6.16. The van der Waals surface area contributed by atoms with Crippen molar-refractivity contribution in [2.75, 3.05) is 18.0 Å². The summed E-state index contributed by atoms with van der Waals surface area (Å²) in [5.74, 6) is -0.666. The van der Waals surface area contributed by atoms with Crippen LogP contribution in [0, 0.1) is 12.8 Å². The van der Waals surface area contributed by atoms with E-state index in [0.717, 1.165) is 25.1 Å². The minimum Gasteiger partial charge on any atom is -0.274 e. The van der Waals surface area contributed by atoms with Gasteiger partial charge in [0.1, 0.15) is 6.04 Å². The zero-order chi connectivity index (χ0) is 18.7. The number of halogens is 1. The Morgan fingerprint density at radius 2 is 1.63 bits per heavy atom. The third-order valence-corrected chi connectivity index (χ3v) is 6.13. The molecule has 5 nitrogen and oxygen atoms in total. The molecular formula is C21H20ClN3O2. The van der Waals surface area contributed by atoms with Crippen LogP contribution in [-0.4, -0.2) is 41.0 Å². The van der Waals surface area contributed by atoms with Gasteiger partial charge in [0, 0.05) is 18.1 Å². The molecule has 138 valence electrons. The largest absolute Gasteiger partial charge is 0.274 e. The molecule has 5 rings (SSSR count). The quantitative estimate of drug-likeness (QED) is 0.749. The number of carbonyl (C=O) groups is 2. The second-order valence-electron chi connectivity index (χ2n) is 7.50. The zero-order valence-corrected chi connectivity index (χ0v) is 15.8. The second-order valence-corrected chi connectivity index (χ2v) is 7.93. The number of amides is 2. The Labute approximate surface area is 163 Å². The molecule has 3 heterocycles. The fourth-order valence-corrected chi connectivity index (χ4v) is 4.93.